The third-order valence-electron chi connectivity index (χ3n) is 2.90. The van der Waals surface area contributed by atoms with Gasteiger partial charge in [-0.3, -0.25) is 14.6 Å². The Kier molecular flexibility index (Phi) is 3.15. The molecule has 0 N–H and O–H groups in total. The highest BCUT2D eigenvalue weighted by Crippen LogP contribution is 2.13. The van der Waals surface area contributed by atoms with Crippen LogP contribution in [0, 0.1) is 6.92 Å². The summed E-state index contributed by atoms with van der Waals surface area (Å²) in [6.45, 7) is 11.1. The summed E-state index contributed by atoms with van der Waals surface area (Å²) in [5.74, 6) is -0.241. The lowest BCUT2D eigenvalue weighted by atomic mass is 10.1. The smallest absolute Gasteiger partial charge is 0.151 e. The fraction of sp³-hybridized carbons (Fsp3) is 0.800. The van der Waals surface area contributed by atoms with E-state index in [1.165, 1.54) is 0 Å². The number of carbonyl (C=O) groups excluding carboxylic acids is 1. The van der Waals surface area contributed by atoms with Crippen LogP contribution in [0.5, 0.6) is 0 Å². The zero-order valence-electron chi connectivity index (χ0n) is 8.32. The molecule has 2 saturated heterocycles. The fourth-order valence-electron chi connectivity index (χ4n) is 2.17. The highest BCUT2D eigenvalue weighted by molar-refractivity contribution is 5.84. The first kappa shape index (κ1) is 10.1. The van der Waals surface area contributed by atoms with Crippen molar-refractivity contribution in [1.29, 1.82) is 0 Å². The van der Waals surface area contributed by atoms with E-state index in [-0.39, 0.29) is 5.78 Å². The van der Waals surface area contributed by atoms with E-state index in [1.54, 1.807) is 0 Å². The Morgan fingerprint density at radius 2 is 2.29 bits per heavy atom. The van der Waals surface area contributed by atoms with Crippen molar-refractivity contribution in [2.75, 3.05) is 45.9 Å². The van der Waals surface area contributed by atoms with Crippen LogP contribution >= 0.6 is 0 Å². The van der Waals surface area contributed by atoms with Crippen molar-refractivity contribution in [3.63, 3.8) is 0 Å². The van der Waals surface area contributed by atoms with E-state index in [4.69, 9.17) is 11.7 Å². The molecule has 2 heterocycles. The van der Waals surface area contributed by atoms with Crippen molar-refractivity contribution in [3.05, 3.63) is 6.92 Å². The molecule has 4 heteroatoms. The molecule has 2 fully saturated rings. The van der Waals surface area contributed by atoms with Gasteiger partial charge in [0.25, 0.3) is 0 Å². The number of carbonyl (C=O) groups is 1. The molecule has 2 rings (SSSR count). The van der Waals surface area contributed by atoms with Crippen LogP contribution in [0.1, 0.15) is 0 Å². The summed E-state index contributed by atoms with van der Waals surface area (Å²) in [6, 6.07) is 0.455. The highest BCUT2D eigenvalue weighted by atomic mass is 16.5. The number of nitrogens with zero attached hydrogens (tertiary/aromatic N) is 2. The number of hydrogen-bond acceptors (Lipinski definition) is 4. The standard InChI is InChI=1S/C10H16N2O2/c1-9(13)6-11-2-3-12-4-5-14-8-10(12)7-11/h1,10H,2-8H2. The first-order valence-corrected chi connectivity index (χ1v) is 5.08. The van der Waals surface area contributed by atoms with Crippen molar-refractivity contribution in [1.82, 2.24) is 9.80 Å². The van der Waals surface area contributed by atoms with Gasteiger partial charge in [0.2, 0.25) is 0 Å². The molecule has 2 aliphatic heterocycles. The molecule has 0 amide bonds. The maximum absolute atomic E-state index is 10.8. The van der Waals surface area contributed by atoms with E-state index in [9.17, 15) is 4.79 Å². The first-order valence-electron chi connectivity index (χ1n) is 5.08. The van der Waals surface area contributed by atoms with Crippen molar-refractivity contribution < 1.29 is 9.53 Å². The molecule has 0 aromatic heterocycles. The first-order chi connectivity index (χ1) is 6.75. The Balaban J connectivity index is 1.86. The largest absolute Gasteiger partial charge is 0.378 e. The van der Waals surface area contributed by atoms with Gasteiger partial charge in [0.1, 0.15) is 0 Å². The van der Waals surface area contributed by atoms with Gasteiger partial charge in [-0.2, -0.15) is 0 Å². The van der Waals surface area contributed by atoms with Crippen LogP contribution in [0.2, 0.25) is 0 Å². The minimum atomic E-state index is -0.241. The summed E-state index contributed by atoms with van der Waals surface area (Å²) in [5, 5.41) is 0. The van der Waals surface area contributed by atoms with Crippen molar-refractivity contribution in [2.45, 2.75) is 6.04 Å². The summed E-state index contributed by atoms with van der Waals surface area (Å²) in [7, 11) is 0. The number of rotatable bonds is 2. The fourth-order valence-corrected chi connectivity index (χ4v) is 2.17. The van der Waals surface area contributed by atoms with Crippen molar-refractivity contribution >= 4 is 5.78 Å². The van der Waals surface area contributed by atoms with Gasteiger partial charge in [0.15, 0.2) is 5.78 Å². The van der Waals surface area contributed by atoms with Crippen molar-refractivity contribution in [2.24, 2.45) is 0 Å². The lowest BCUT2D eigenvalue weighted by Gasteiger charge is -2.43. The van der Waals surface area contributed by atoms with Crippen LogP contribution < -0.4 is 0 Å². The van der Waals surface area contributed by atoms with E-state index in [1.807, 2.05) is 0 Å². The summed E-state index contributed by atoms with van der Waals surface area (Å²) in [6.07, 6.45) is 0. The Morgan fingerprint density at radius 3 is 3.07 bits per heavy atom. The number of piperazine rings is 1. The van der Waals surface area contributed by atoms with Gasteiger partial charge in [0, 0.05) is 39.1 Å². The lowest BCUT2D eigenvalue weighted by molar-refractivity contribution is -0.117. The number of morpholine rings is 1. The molecular formula is C10H16N2O2. The van der Waals surface area contributed by atoms with E-state index >= 15 is 0 Å². The van der Waals surface area contributed by atoms with Crippen LogP contribution in [0.4, 0.5) is 0 Å². The van der Waals surface area contributed by atoms with Gasteiger partial charge in [0.05, 0.1) is 19.8 Å². The molecular weight excluding hydrogens is 180 g/mol. The topological polar surface area (TPSA) is 32.8 Å². The van der Waals surface area contributed by atoms with Gasteiger partial charge >= 0.3 is 0 Å². The number of hydrogen-bond donors (Lipinski definition) is 0. The second kappa shape index (κ2) is 4.38. The van der Waals surface area contributed by atoms with Crippen LogP contribution in [0.25, 0.3) is 0 Å². The predicted molar refractivity (Wildman–Crippen MR) is 51.9 cm³/mol. The van der Waals surface area contributed by atoms with Crippen LogP contribution in [-0.4, -0.2) is 67.6 Å². The van der Waals surface area contributed by atoms with Crippen LogP contribution in [0.15, 0.2) is 0 Å². The quantitative estimate of drug-likeness (QED) is 0.584. The van der Waals surface area contributed by atoms with Crippen molar-refractivity contribution in [3.8, 4) is 0 Å². The molecule has 0 aromatic rings. The second-order valence-electron chi connectivity index (χ2n) is 3.97. The van der Waals surface area contributed by atoms with Crippen LogP contribution in [-0.2, 0) is 9.53 Å². The Labute approximate surface area is 84.8 Å². The Bertz CT molecular complexity index is 220. The van der Waals surface area contributed by atoms with Gasteiger partial charge in [-0.05, 0) is 0 Å². The minimum Gasteiger partial charge on any atom is -0.378 e. The molecule has 1 atom stereocenters. The molecule has 14 heavy (non-hydrogen) atoms. The molecule has 0 bridgehead atoms. The monoisotopic (exact) mass is 196 g/mol. The summed E-state index contributed by atoms with van der Waals surface area (Å²) in [5.41, 5.74) is 0. The Morgan fingerprint density at radius 1 is 1.43 bits per heavy atom. The number of ether oxygens (including phenoxy) is 1. The molecule has 78 valence electrons. The molecule has 0 saturated carbocycles. The maximum atomic E-state index is 10.8. The zero-order chi connectivity index (χ0) is 9.97. The number of Topliss-reactive ketones (excluding diaryl/α,β-unsaturated/α-hetero) is 1. The average Bonchev–Trinajstić information content (AvgIpc) is 2.17. The van der Waals surface area contributed by atoms with E-state index in [0.717, 1.165) is 39.4 Å². The molecule has 0 aromatic carbocycles. The van der Waals surface area contributed by atoms with Crippen LogP contribution in [0.3, 0.4) is 0 Å². The molecule has 0 aliphatic carbocycles. The van der Waals surface area contributed by atoms with E-state index in [0.29, 0.717) is 12.6 Å². The third kappa shape index (κ3) is 2.32. The predicted octanol–water partition coefficient (Wildman–Crippen LogP) is -0.717. The second-order valence-corrected chi connectivity index (χ2v) is 3.97. The summed E-state index contributed by atoms with van der Waals surface area (Å²) in [4.78, 5) is 15.3. The maximum Gasteiger partial charge on any atom is 0.151 e. The zero-order valence-corrected chi connectivity index (χ0v) is 8.32. The Hall–Kier alpha value is -0.450. The van der Waals surface area contributed by atoms with Gasteiger partial charge < -0.3 is 4.74 Å². The van der Waals surface area contributed by atoms with E-state index in [2.05, 4.69) is 9.80 Å². The SMILES string of the molecule is [CH]C(=O)CN1CCN2CCOCC2C1. The van der Waals surface area contributed by atoms with Gasteiger partial charge in [-0.1, -0.05) is 0 Å². The summed E-state index contributed by atoms with van der Waals surface area (Å²) >= 11 is 0. The van der Waals surface area contributed by atoms with Gasteiger partial charge in [-0.15, -0.1) is 0 Å². The molecule has 1 unspecified atom stereocenters. The number of ketones is 1. The third-order valence-corrected chi connectivity index (χ3v) is 2.90. The lowest BCUT2D eigenvalue weighted by Crippen LogP contribution is -2.58. The normalized spacial score (nSPS) is 29.9. The molecule has 2 aliphatic rings. The highest BCUT2D eigenvalue weighted by Gasteiger charge is 2.29. The molecule has 0 spiro atoms. The van der Waals surface area contributed by atoms with E-state index < -0.39 is 0 Å². The van der Waals surface area contributed by atoms with Gasteiger partial charge in [-0.25, -0.2) is 0 Å². The average molecular weight is 196 g/mol. The molecule has 4 nitrogen and oxygen atoms in total. The minimum absolute atomic E-state index is 0.241. The number of fused-ring (bicyclic) bond motifs is 1. The molecule has 2 radical (unpaired) electrons. The summed E-state index contributed by atoms with van der Waals surface area (Å²) < 4.78 is 5.41.